The molecule has 1 unspecified atom stereocenters. The number of hydrogen-bond acceptors (Lipinski definition) is 7. The second-order valence-corrected chi connectivity index (χ2v) is 7.52. The van der Waals surface area contributed by atoms with E-state index >= 15 is 0 Å². The molecule has 10 heteroatoms. The van der Waals surface area contributed by atoms with Gasteiger partial charge in [-0.2, -0.15) is 9.78 Å². The maximum Gasteiger partial charge on any atom is 0.407 e. The minimum atomic E-state index is -0.415. The third-order valence-corrected chi connectivity index (χ3v) is 4.73. The summed E-state index contributed by atoms with van der Waals surface area (Å²) in [7, 11) is 0. The highest BCUT2D eigenvalue weighted by atomic mass is 16.5. The molecule has 30 heavy (non-hydrogen) atoms. The molecule has 2 amide bonds. The summed E-state index contributed by atoms with van der Waals surface area (Å²) in [5.41, 5.74) is 2.41. The van der Waals surface area contributed by atoms with Crippen LogP contribution in [0.4, 0.5) is 10.6 Å². The number of aryl methyl sites for hydroxylation is 3. The van der Waals surface area contributed by atoms with E-state index in [9.17, 15) is 9.59 Å². The van der Waals surface area contributed by atoms with E-state index in [1.807, 2.05) is 31.7 Å². The third kappa shape index (κ3) is 5.76. The molecule has 3 heterocycles. The van der Waals surface area contributed by atoms with Crippen LogP contribution in [-0.2, 0) is 9.53 Å². The van der Waals surface area contributed by atoms with Crippen molar-refractivity contribution in [2.75, 3.05) is 31.6 Å². The number of alkyl carbamates (subject to hydrolysis) is 1. The molecule has 162 valence electrons. The largest absolute Gasteiger partial charge is 0.450 e. The Morgan fingerprint density at radius 2 is 1.90 bits per heavy atom. The number of carbonyl (C=O) groups is 2. The van der Waals surface area contributed by atoms with Crippen LogP contribution in [-0.4, -0.2) is 68.9 Å². The first-order valence-electron chi connectivity index (χ1n) is 10.2. The Morgan fingerprint density at radius 3 is 2.60 bits per heavy atom. The number of ether oxygens (including phenoxy) is 1. The lowest BCUT2D eigenvalue weighted by Crippen LogP contribution is -2.49. The first-order chi connectivity index (χ1) is 14.3. The van der Waals surface area contributed by atoms with Crippen LogP contribution < -0.4 is 10.6 Å². The lowest BCUT2D eigenvalue weighted by molar-refractivity contribution is -0.117. The number of aromatic nitrogens is 4. The van der Waals surface area contributed by atoms with Crippen molar-refractivity contribution in [3.8, 4) is 5.95 Å². The Balaban J connectivity index is 1.63. The van der Waals surface area contributed by atoms with E-state index in [4.69, 9.17) is 4.74 Å². The summed E-state index contributed by atoms with van der Waals surface area (Å²) in [5.74, 6) is 0.797. The van der Waals surface area contributed by atoms with Crippen LogP contribution in [0, 0.1) is 20.8 Å². The zero-order valence-electron chi connectivity index (χ0n) is 17.9. The Kier molecular flexibility index (Phi) is 6.99. The zero-order chi connectivity index (χ0) is 21.7. The monoisotopic (exact) mass is 415 g/mol. The highest BCUT2D eigenvalue weighted by Crippen LogP contribution is 2.16. The number of nitrogens with one attached hydrogen (secondary N) is 2. The van der Waals surface area contributed by atoms with Gasteiger partial charge in [0, 0.05) is 30.0 Å². The minimum Gasteiger partial charge on any atom is -0.450 e. The van der Waals surface area contributed by atoms with Gasteiger partial charge in [0.05, 0.1) is 18.8 Å². The smallest absolute Gasteiger partial charge is 0.407 e. The molecular weight excluding hydrogens is 386 g/mol. The normalized spacial score (nSPS) is 16.9. The fourth-order valence-corrected chi connectivity index (χ4v) is 3.58. The number of carbonyl (C=O) groups excluding carboxylic acids is 2. The summed E-state index contributed by atoms with van der Waals surface area (Å²) >= 11 is 0. The maximum absolute atomic E-state index is 12.7. The van der Waals surface area contributed by atoms with Gasteiger partial charge in [-0.05, 0) is 53.1 Å². The van der Waals surface area contributed by atoms with Gasteiger partial charge in [-0.3, -0.25) is 9.69 Å². The van der Waals surface area contributed by atoms with E-state index in [0.717, 1.165) is 36.5 Å². The molecule has 2 aromatic rings. The number of nitrogens with zero attached hydrogens (tertiary/aromatic N) is 5. The second kappa shape index (κ2) is 9.66. The molecule has 0 bridgehead atoms. The summed E-state index contributed by atoms with van der Waals surface area (Å²) in [6.07, 6.45) is 1.35. The van der Waals surface area contributed by atoms with E-state index in [1.165, 1.54) is 0 Å². The summed E-state index contributed by atoms with van der Waals surface area (Å²) in [6, 6.07) is 3.65. The molecule has 2 N–H and O–H groups in total. The van der Waals surface area contributed by atoms with Crippen LogP contribution in [0.5, 0.6) is 0 Å². The average Bonchev–Trinajstić information content (AvgIpc) is 3.01. The van der Waals surface area contributed by atoms with Crippen molar-refractivity contribution >= 4 is 17.8 Å². The number of likely N-dealkylation sites (tertiary alicyclic amines) is 1. The quantitative estimate of drug-likeness (QED) is 0.738. The molecule has 1 saturated heterocycles. The summed E-state index contributed by atoms with van der Waals surface area (Å²) < 4.78 is 6.49. The number of amides is 2. The molecule has 1 aliphatic heterocycles. The first-order valence-corrected chi connectivity index (χ1v) is 10.2. The Morgan fingerprint density at radius 1 is 1.17 bits per heavy atom. The van der Waals surface area contributed by atoms with Gasteiger partial charge in [-0.1, -0.05) is 0 Å². The molecule has 1 aliphatic rings. The van der Waals surface area contributed by atoms with Gasteiger partial charge in [0.25, 0.3) is 5.95 Å². The van der Waals surface area contributed by atoms with Crippen LogP contribution >= 0.6 is 0 Å². The van der Waals surface area contributed by atoms with E-state index in [2.05, 4.69) is 25.7 Å². The molecule has 2 aromatic heterocycles. The number of hydrogen-bond donors (Lipinski definition) is 2. The maximum atomic E-state index is 12.7. The lowest BCUT2D eigenvalue weighted by atomic mass is 10.1. The fraction of sp³-hybridized carbons (Fsp3) is 0.550. The molecule has 0 saturated carbocycles. The fourth-order valence-electron chi connectivity index (χ4n) is 3.58. The number of piperidine rings is 1. The van der Waals surface area contributed by atoms with Crippen molar-refractivity contribution in [1.82, 2.24) is 30.0 Å². The lowest BCUT2D eigenvalue weighted by Gasteiger charge is -2.32. The molecular formula is C20H29N7O3. The van der Waals surface area contributed by atoms with Crippen molar-refractivity contribution in [3.63, 3.8) is 0 Å². The van der Waals surface area contributed by atoms with E-state index in [-0.39, 0.29) is 18.5 Å². The molecule has 10 nitrogen and oxygen atoms in total. The van der Waals surface area contributed by atoms with Crippen molar-refractivity contribution in [2.24, 2.45) is 0 Å². The van der Waals surface area contributed by atoms with Crippen LogP contribution in [0.2, 0.25) is 0 Å². The van der Waals surface area contributed by atoms with Crippen LogP contribution in [0.25, 0.3) is 5.95 Å². The first kappa shape index (κ1) is 21.7. The molecule has 0 spiro atoms. The van der Waals surface area contributed by atoms with Gasteiger partial charge in [0.2, 0.25) is 5.91 Å². The minimum absolute atomic E-state index is 0.0259. The number of rotatable bonds is 6. The van der Waals surface area contributed by atoms with E-state index < -0.39 is 6.09 Å². The highest BCUT2D eigenvalue weighted by molar-refractivity contribution is 5.91. The second-order valence-electron chi connectivity index (χ2n) is 7.52. The molecule has 0 radical (unpaired) electrons. The molecule has 0 aromatic carbocycles. The van der Waals surface area contributed by atoms with Crippen molar-refractivity contribution in [2.45, 2.75) is 46.6 Å². The van der Waals surface area contributed by atoms with Crippen molar-refractivity contribution in [3.05, 3.63) is 29.2 Å². The SMILES string of the molecule is CCOC(=O)NC1CCCN(CC(=O)Nc2cc(C)nn2-c2nc(C)cc(C)n2)C1. The predicted octanol–water partition coefficient (Wildman–Crippen LogP) is 1.74. The van der Waals surface area contributed by atoms with E-state index in [0.29, 0.717) is 24.9 Å². The Bertz CT molecular complexity index is 892. The Labute approximate surface area is 176 Å². The molecule has 0 aliphatic carbocycles. The molecule has 3 rings (SSSR count). The number of anilines is 1. The van der Waals surface area contributed by atoms with Crippen molar-refractivity contribution in [1.29, 1.82) is 0 Å². The molecule has 1 atom stereocenters. The summed E-state index contributed by atoms with van der Waals surface area (Å²) in [5, 5.41) is 10.2. The van der Waals surface area contributed by atoms with Crippen LogP contribution in [0.3, 0.4) is 0 Å². The summed E-state index contributed by atoms with van der Waals surface area (Å²) in [4.78, 5) is 35.2. The van der Waals surface area contributed by atoms with Gasteiger partial charge in [-0.15, -0.1) is 0 Å². The predicted molar refractivity (Wildman–Crippen MR) is 112 cm³/mol. The molecule has 1 fully saturated rings. The summed E-state index contributed by atoms with van der Waals surface area (Å²) in [6.45, 7) is 9.37. The average molecular weight is 415 g/mol. The Hall–Kier alpha value is -3.01. The van der Waals surface area contributed by atoms with Gasteiger partial charge in [-0.25, -0.2) is 14.8 Å². The third-order valence-electron chi connectivity index (χ3n) is 4.73. The van der Waals surface area contributed by atoms with Gasteiger partial charge >= 0.3 is 6.09 Å². The van der Waals surface area contributed by atoms with Gasteiger partial charge < -0.3 is 15.4 Å². The van der Waals surface area contributed by atoms with Crippen LogP contribution in [0.1, 0.15) is 36.8 Å². The zero-order valence-corrected chi connectivity index (χ0v) is 17.9. The topological polar surface area (TPSA) is 114 Å². The van der Waals surface area contributed by atoms with E-state index in [1.54, 1.807) is 17.7 Å². The standard InChI is InChI=1S/C20H29N7O3/c1-5-30-20(29)23-16-7-6-8-26(11-16)12-18(28)24-17-10-15(4)25-27(17)19-21-13(2)9-14(3)22-19/h9-10,16H,5-8,11-12H2,1-4H3,(H,23,29)(H,24,28). The van der Waals surface area contributed by atoms with Gasteiger partial charge in [0.1, 0.15) is 5.82 Å². The van der Waals surface area contributed by atoms with Gasteiger partial charge in [0.15, 0.2) is 0 Å². The van der Waals surface area contributed by atoms with Crippen molar-refractivity contribution < 1.29 is 14.3 Å². The highest BCUT2D eigenvalue weighted by Gasteiger charge is 2.24. The van der Waals surface area contributed by atoms with Crippen LogP contribution in [0.15, 0.2) is 12.1 Å².